The molecule has 0 radical (unpaired) electrons. The third-order valence-electron chi connectivity index (χ3n) is 3.20. The van der Waals surface area contributed by atoms with Gasteiger partial charge in [0.25, 0.3) is 0 Å². The second-order valence-electron chi connectivity index (χ2n) is 5.34. The molecular weight excluding hydrogens is 300 g/mol. The molecular formula is C16H20N2O3S. The van der Waals surface area contributed by atoms with E-state index in [1.807, 2.05) is 31.4 Å². The van der Waals surface area contributed by atoms with Crippen LogP contribution in [0.5, 0.6) is 0 Å². The maximum absolute atomic E-state index is 12.3. The molecule has 0 unspecified atom stereocenters. The summed E-state index contributed by atoms with van der Waals surface area (Å²) in [6.45, 7) is 4.13. The molecule has 2 heterocycles. The minimum Gasteiger partial charge on any atom is -0.467 e. The lowest BCUT2D eigenvalue weighted by atomic mass is 10.0. The average Bonchev–Trinajstić information content (AvgIpc) is 3.15. The van der Waals surface area contributed by atoms with Gasteiger partial charge in [-0.1, -0.05) is 19.9 Å². The second-order valence-corrected chi connectivity index (χ2v) is 6.37. The van der Waals surface area contributed by atoms with Crippen LogP contribution in [0.2, 0.25) is 0 Å². The van der Waals surface area contributed by atoms with Crippen LogP contribution in [0.15, 0.2) is 40.3 Å². The van der Waals surface area contributed by atoms with Crippen molar-refractivity contribution < 1.29 is 14.0 Å². The Hall–Kier alpha value is -2.08. The SMILES string of the molecule is CC(C)[C@@H](NC(=O)Cc1cccs1)C(=O)NCc1ccco1. The van der Waals surface area contributed by atoms with Crippen LogP contribution in [0.3, 0.4) is 0 Å². The second kappa shape index (κ2) is 7.79. The van der Waals surface area contributed by atoms with Gasteiger partial charge in [0.2, 0.25) is 11.8 Å². The Labute approximate surface area is 133 Å². The number of furan rings is 1. The molecule has 2 N–H and O–H groups in total. The van der Waals surface area contributed by atoms with Gasteiger partial charge < -0.3 is 15.1 Å². The summed E-state index contributed by atoms with van der Waals surface area (Å²) in [4.78, 5) is 25.3. The molecule has 1 atom stereocenters. The van der Waals surface area contributed by atoms with Crippen LogP contribution in [0.4, 0.5) is 0 Å². The quantitative estimate of drug-likeness (QED) is 0.822. The summed E-state index contributed by atoms with van der Waals surface area (Å²) in [6, 6.07) is 6.82. The van der Waals surface area contributed by atoms with E-state index >= 15 is 0 Å². The number of thiophene rings is 1. The van der Waals surface area contributed by atoms with Crippen LogP contribution in [0.25, 0.3) is 0 Å². The van der Waals surface area contributed by atoms with E-state index in [9.17, 15) is 9.59 Å². The summed E-state index contributed by atoms with van der Waals surface area (Å²) in [6.07, 6.45) is 1.86. The predicted octanol–water partition coefficient (Wildman–Crippen LogP) is 2.34. The van der Waals surface area contributed by atoms with Gasteiger partial charge in [-0.15, -0.1) is 11.3 Å². The highest BCUT2D eigenvalue weighted by atomic mass is 32.1. The Kier molecular flexibility index (Phi) is 5.77. The van der Waals surface area contributed by atoms with Crippen molar-refractivity contribution in [2.45, 2.75) is 32.9 Å². The van der Waals surface area contributed by atoms with Crippen molar-refractivity contribution in [2.75, 3.05) is 0 Å². The van der Waals surface area contributed by atoms with Crippen LogP contribution < -0.4 is 10.6 Å². The zero-order chi connectivity index (χ0) is 15.9. The lowest BCUT2D eigenvalue weighted by molar-refractivity contribution is -0.129. The Morgan fingerprint density at radius 2 is 2.09 bits per heavy atom. The molecule has 2 amide bonds. The molecule has 22 heavy (non-hydrogen) atoms. The molecule has 0 fully saturated rings. The smallest absolute Gasteiger partial charge is 0.243 e. The maximum atomic E-state index is 12.3. The van der Waals surface area contributed by atoms with Crippen molar-refractivity contribution in [3.8, 4) is 0 Å². The molecule has 0 spiro atoms. The van der Waals surface area contributed by atoms with Gasteiger partial charge in [-0.05, 0) is 29.5 Å². The predicted molar refractivity (Wildman–Crippen MR) is 85.3 cm³/mol. The largest absolute Gasteiger partial charge is 0.467 e. The molecule has 2 aromatic rings. The van der Waals surface area contributed by atoms with Gasteiger partial charge in [-0.25, -0.2) is 0 Å². The first-order valence-electron chi connectivity index (χ1n) is 7.18. The summed E-state index contributed by atoms with van der Waals surface area (Å²) in [7, 11) is 0. The molecule has 2 rings (SSSR count). The zero-order valence-corrected chi connectivity index (χ0v) is 13.5. The van der Waals surface area contributed by atoms with E-state index in [1.54, 1.807) is 18.4 Å². The topological polar surface area (TPSA) is 71.3 Å². The number of carbonyl (C=O) groups is 2. The zero-order valence-electron chi connectivity index (χ0n) is 12.7. The van der Waals surface area contributed by atoms with Gasteiger partial charge in [-0.3, -0.25) is 9.59 Å². The monoisotopic (exact) mass is 320 g/mol. The van der Waals surface area contributed by atoms with Crippen molar-refractivity contribution in [3.05, 3.63) is 46.5 Å². The first-order chi connectivity index (χ1) is 10.6. The van der Waals surface area contributed by atoms with Crippen LogP contribution >= 0.6 is 11.3 Å². The number of amides is 2. The van der Waals surface area contributed by atoms with E-state index in [0.717, 1.165) is 4.88 Å². The van der Waals surface area contributed by atoms with Crippen molar-refractivity contribution >= 4 is 23.2 Å². The van der Waals surface area contributed by atoms with E-state index < -0.39 is 6.04 Å². The fraction of sp³-hybridized carbons (Fsp3) is 0.375. The summed E-state index contributed by atoms with van der Waals surface area (Å²) in [5.41, 5.74) is 0. The average molecular weight is 320 g/mol. The van der Waals surface area contributed by atoms with Gasteiger partial charge in [0.05, 0.1) is 19.2 Å². The summed E-state index contributed by atoms with van der Waals surface area (Å²) < 4.78 is 5.17. The molecule has 2 aromatic heterocycles. The van der Waals surface area contributed by atoms with Gasteiger partial charge in [0.1, 0.15) is 11.8 Å². The fourth-order valence-electron chi connectivity index (χ4n) is 2.03. The molecule has 5 nitrogen and oxygen atoms in total. The Morgan fingerprint density at radius 3 is 2.68 bits per heavy atom. The minimum absolute atomic E-state index is 0.00360. The summed E-state index contributed by atoms with van der Waals surface area (Å²) in [5, 5.41) is 7.52. The molecule has 0 saturated heterocycles. The van der Waals surface area contributed by atoms with E-state index in [-0.39, 0.29) is 17.7 Å². The van der Waals surface area contributed by atoms with Gasteiger partial charge in [-0.2, -0.15) is 0 Å². The standard InChI is InChI=1S/C16H20N2O3S/c1-11(2)15(16(20)17-10-12-5-3-7-21-12)18-14(19)9-13-6-4-8-22-13/h3-8,11,15H,9-10H2,1-2H3,(H,17,20)(H,18,19)/t15-/m1/s1. The molecule has 0 aromatic carbocycles. The number of carbonyl (C=O) groups excluding carboxylic acids is 2. The number of rotatable bonds is 7. The molecule has 0 aliphatic rings. The van der Waals surface area contributed by atoms with Crippen molar-refractivity contribution in [1.82, 2.24) is 10.6 Å². The molecule has 0 aliphatic heterocycles. The third-order valence-corrected chi connectivity index (χ3v) is 4.07. The highest BCUT2D eigenvalue weighted by molar-refractivity contribution is 7.10. The summed E-state index contributed by atoms with van der Waals surface area (Å²) in [5.74, 6) is 0.338. The summed E-state index contributed by atoms with van der Waals surface area (Å²) >= 11 is 1.53. The van der Waals surface area contributed by atoms with Gasteiger partial charge in [0, 0.05) is 4.88 Å². The van der Waals surface area contributed by atoms with Gasteiger partial charge >= 0.3 is 0 Å². The van der Waals surface area contributed by atoms with Crippen LogP contribution in [0, 0.1) is 5.92 Å². The highest BCUT2D eigenvalue weighted by Gasteiger charge is 2.24. The van der Waals surface area contributed by atoms with Crippen molar-refractivity contribution in [1.29, 1.82) is 0 Å². The van der Waals surface area contributed by atoms with E-state index in [1.165, 1.54) is 11.3 Å². The highest BCUT2D eigenvalue weighted by Crippen LogP contribution is 2.10. The number of nitrogens with one attached hydrogen (secondary N) is 2. The lowest BCUT2D eigenvalue weighted by Crippen LogP contribution is -2.49. The van der Waals surface area contributed by atoms with Crippen molar-refractivity contribution in [2.24, 2.45) is 5.92 Å². The Bertz CT molecular complexity index is 591. The minimum atomic E-state index is -0.553. The van der Waals surface area contributed by atoms with Crippen LogP contribution in [-0.4, -0.2) is 17.9 Å². The Morgan fingerprint density at radius 1 is 1.27 bits per heavy atom. The number of hydrogen-bond donors (Lipinski definition) is 2. The molecule has 6 heteroatoms. The molecule has 118 valence electrons. The number of hydrogen-bond acceptors (Lipinski definition) is 4. The molecule has 0 saturated carbocycles. The van der Waals surface area contributed by atoms with Crippen LogP contribution in [-0.2, 0) is 22.6 Å². The maximum Gasteiger partial charge on any atom is 0.243 e. The molecule has 0 bridgehead atoms. The van der Waals surface area contributed by atoms with Gasteiger partial charge in [0.15, 0.2) is 0 Å². The third kappa shape index (κ3) is 4.73. The fourth-order valence-corrected chi connectivity index (χ4v) is 2.73. The van der Waals surface area contributed by atoms with Crippen LogP contribution in [0.1, 0.15) is 24.5 Å². The van der Waals surface area contributed by atoms with E-state index in [4.69, 9.17) is 4.42 Å². The Balaban J connectivity index is 1.88. The lowest BCUT2D eigenvalue weighted by Gasteiger charge is -2.21. The first-order valence-corrected chi connectivity index (χ1v) is 8.06. The van der Waals surface area contributed by atoms with Crippen molar-refractivity contribution in [3.63, 3.8) is 0 Å². The normalized spacial score (nSPS) is 12.1. The first kappa shape index (κ1) is 16.3. The van der Waals surface area contributed by atoms with E-state index in [2.05, 4.69) is 10.6 Å². The van der Waals surface area contributed by atoms with E-state index in [0.29, 0.717) is 18.7 Å². The molecule has 0 aliphatic carbocycles.